The highest BCUT2D eigenvalue weighted by Gasteiger charge is 2.52. The Hall–Kier alpha value is -2.57. The van der Waals surface area contributed by atoms with Gasteiger partial charge in [-0.2, -0.15) is 8.78 Å². The molecule has 0 bridgehead atoms. The number of rotatable bonds is 10. The van der Waals surface area contributed by atoms with Crippen LogP contribution in [0.15, 0.2) is 0 Å². The highest BCUT2D eigenvalue weighted by atomic mass is 35.5. The molecular weight excluding hydrogens is 555 g/mol. The minimum absolute atomic E-state index is 0.0413. The van der Waals surface area contributed by atoms with Gasteiger partial charge in [-0.1, -0.05) is 44.7 Å². The highest BCUT2D eigenvalue weighted by molar-refractivity contribution is 6.29. The Kier molecular flexibility index (Phi) is 10.3. The molecule has 0 unspecified atom stereocenters. The number of hydrogen-bond acceptors (Lipinski definition) is 5. The van der Waals surface area contributed by atoms with Crippen LogP contribution in [0.4, 0.5) is 13.2 Å². The first-order valence-corrected chi connectivity index (χ1v) is 14.2. The number of alkyl halides is 4. The normalized spacial score (nSPS) is 26.9. The Morgan fingerprint density at radius 3 is 2.33 bits per heavy atom. The van der Waals surface area contributed by atoms with Gasteiger partial charge in [0, 0.05) is 12.1 Å². The van der Waals surface area contributed by atoms with E-state index in [-0.39, 0.29) is 30.8 Å². The lowest BCUT2D eigenvalue weighted by atomic mass is 9.91. The SMILES string of the molecule is CCC(CC)[C@H](NC(=O)C(F)F)C(=O)N1C[C@@H]2CCC[C@@H]2[C@H]1C(=O)NN(C[C@@H]1CC(C)(C)NC1=O)C(=O)[C@H](F)Cl. The molecule has 10 nitrogen and oxygen atoms in total. The molecule has 1 saturated carbocycles. The molecule has 6 atom stereocenters. The second-order valence-corrected chi connectivity index (χ2v) is 12.0. The molecule has 0 aromatic heterocycles. The monoisotopic (exact) mass is 593 g/mol. The van der Waals surface area contributed by atoms with Crippen molar-refractivity contribution in [3.05, 3.63) is 0 Å². The van der Waals surface area contributed by atoms with Crippen LogP contribution in [0.2, 0.25) is 0 Å². The molecule has 0 aromatic rings. The molecule has 0 radical (unpaired) electrons. The van der Waals surface area contributed by atoms with Crippen molar-refractivity contribution in [2.24, 2.45) is 23.7 Å². The van der Waals surface area contributed by atoms with E-state index < -0.39 is 65.1 Å². The summed E-state index contributed by atoms with van der Waals surface area (Å²) in [5.74, 6) is -6.13. The molecule has 5 amide bonds. The van der Waals surface area contributed by atoms with Crippen molar-refractivity contribution in [2.45, 2.75) is 95.9 Å². The van der Waals surface area contributed by atoms with Gasteiger partial charge in [0.15, 0.2) is 0 Å². The molecule has 3 rings (SSSR count). The molecule has 14 heteroatoms. The van der Waals surface area contributed by atoms with Gasteiger partial charge < -0.3 is 15.5 Å². The van der Waals surface area contributed by atoms with Crippen LogP contribution in [-0.4, -0.2) is 82.2 Å². The molecule has 2 aliphatic heterocycles. The Morgan fingerprint density at radius 1 is 1.15 bits per heavy atom. The number of hydrazine groups is 1. The zero-order valence-electron chi connectivity index (χ0n) is 23.2. The first-order chi connectivity index (χ1) is 18.7. The second kappa shape index (κ2) is 12.9. The number of likely N-dealkylation sites (tertiary alicyclic amines) is 1. The molecule has 40 heavy (non-hydrogen) atoms. The maximum absolute atomic E-state index is 13.9. The van der Waals surface area contributed by atoms with Crippen molar-refractivity contribution in [3.8, 4) is 0 Å². The Bertz CT molecular complexity index is 996. The Labute approximate surface area is 237 Å². The smallest absolute Gasteiger partial charge is 0.315 e. The Balaban J connectivity index is 1.88. The largest absolute Gasteiger partial charge is 0.351 e. The quantitative estimate of drug-likeness (QED) is 0.264. The van der Waals surface area contributed by atoms with E-state index in [2.05, 4.69) is 16.1 Å². The van der Waals surface area contributed by atoms with E-state index in [9.17, 15) is 37.1 Å². The zero-order valence-corrected chi connectivity index (χ0v) is 24.0. The van der Waals surface area contributed by atoms with Crippen LogP contribution in [0, 0.1) is 23.7 Å². The maximum Gasteiger partial charge on any atom is 0.315 e. The minimum atomic E-state index is -3.32. The maximum atomic E-state index is 13.9. The molecule has 3 aliphatic rings. The summed E-state index contributed by atoms with van der Waals surface area (Å²) in [6.45, 7) is 6.98. The van der Waals surface area contributed by atoms with Crippen LogP contribution in [-0.2, 0) is 24.0 Å². The van der Waals surface area contributed by atoms with Crippen molar-refractivity contribution >= 4 is 41.1 Å². The van der Waals surface area contributed by atoms with Crippen molar-refractivity contribution in [1.82, 2.24) is 26.0 Å². The van der Waals surface area contributed by atoms with Gasteiger partial charge in [-0.15, -0.1) is 0 Å². The zero-order chi connectivity index (χ0) is 29.9. The van der Waals surface area contributed by atoms with Gasteiger partial charge in [0.2, 0.25) is 11.8 Å². The summed E-state index contributed by atoms with van der Waals surface area (Å²) in [7, 11) is 0. The summed E-state index contributed by atoms with van der Waals surface area (Å²) in [6.07, 6.45) is 0.0136. The summed E-state index contributed by atoms with van der Waals surface area (Å²) in [6, 6.07) is -2.36. The molecule has 2 heterocycles. The van der Waals surface area contributed by atoms with E-state index >= 15 is 0 Å². The van der Waals surface area contributed by atoms with Crippen molar-refractivity contribution in [2.75, 3.05) is 13.1 Å². The number of amides is 5. The number of hydrogen-bond donors (Lipinski definition) is 3. The van der Waals surface area contributed by atoms with E-state index in [1.165, 1.54) is 4.90 Å². The van der Waals surface area contributed by atoms with Gasteiger partial charge in [0.1, 0.15) is 12.1 Å². The van der Waals surface area contributed by atoms with Crippen molar-refractivity contribution in [3.63, 3.8) is 0 Å². The third-order valence-electron chi connectivity index (χ3n) is 8.41. The topological polar surface area (TPSA) is 128 Å². The predicted octanol–water partition coefficient (Wildman–Crippen LogP) is 2.11. The molecule has 226 valence electrons. The van der Waals surface area contributed by atoms with Crippen LogP contribution >= 0.6 is 11.6 Å². The number of nitrogens with one attached hydrogen (secondary N) is 3. The fraction of sp³-hybridized carbons (Fsp3) is 0.808. The number of fused-ring (bicyclic) bond motifs is 1. The molecule has 1 aliphatic carbocycles. The summed E-state index contributed by atoms with van der Waals surface area (Å²) < 4.78 is 40.2. The third-order valence-corrected chi connectivity index (χ3v) is 8.60. The van der Waals surface area contributed by atoms with E-state index in [0.717, 1.165) is 12.8 Å². The molecule has 3 fully saturated rings. The average Bonchev–Trinajstić information content (AvgIpc) is 3.54. The van der Waals surface area contributed by atoms with Gasteiger partial charge >= 0.3 is 6.43 Å². The van der Waals surface area contributed by atoms with Crippen LogP contribution in [0.5, 0.6) is 0 Å². The second-order valence-electron chi connectivity index (χ2n) is 11.7. The van der Waals surface area contributed by atoms with Crippen molar-refractivity contribution < 1.29 is 37.1 Å². The van der Waals surface area contributed by atoms with Crippen molar-refractivity contribution in [1.29, 1.82) is 0 Å². The van der Waals surface area contributed by atoms with Gasteiger partial charge in [-0.3, -0.25) is 29.4 Å². The first-order valence-electron chi connectivity index (χ1n) is 13.8. The molecule has 0 aromatic carbocycles. The van der Waals surface area contributed by atoms with Crippen LogP contribution < -0.4 is 16.1 Å². The number of carbonyl (C=O) groups excluding carboxylic acids is 5. The number of halogens is 4. The first kappa shape index (κ1) is 32.0. The summed E-state index contributed by atoms with van der Waals surface area (Å²) >= 11 is 5.42. The number of nitrogens with zero attached hydrogens (tertiary/aromatic N) is 2. The van der Waals surface area contributed by atoms with E-state index in [0.29, 0.717) is 30.7 Å². The van der Waals surface area contributed by atoms with Gasteiger partial charge in [-0.05, 0) is 50.9 Å². The standard InChI is InChI=1S/C26H39ClF3N5O5/c1-5-13(6-2)17(31-23(38)20(29)30)24(39)34-11-14-8-7-9-16(14)18(34)22(37)33-35(25(40)19(27)28)12-15-10-26(3,4)32-21(15)36/h13-20H,5-12H2,1-4H3,(H,31,38)(H,32,36)(H,33,37)/t14-,15-,16-,17-,18-,19-/m0/s1. The van der Waals surface area contributed by atoms with Crippen LogP contribution in [0.3, 0.4) is 0 Å². The summed E-state index contributed by atoms with van der Waals surface area (Å²) in [4.78, 5) is 65.8. The van der Waals surface area contributed by atoms with Gasteiger partial charge in [0.25, 0.3) is 23.4 Å². The van der Waals surface area contributed by atoms with E-state index in [1.807, 2.05) is 0 Å². The van der Waals surface area contributed by atoms with E-state index in [4.69, 9.17) is 11.6 Å². The van der Waals surface area contributed by atoms with Crippen LogP contribution in [0.25, 0.3) is 0 Å². The van der Waals surface area contributed by atoms with Crippen LogP contribution in [0.1, 0.15) is 66.2 Å². The Morgan fingerprint density at radius 2 is 1.80 bits per heavy atom. The van der Waals surface area contributed by atoms with Gasteiger partial charge in [-0.25, -0.2) is 9.40 Å². The fourth-order valence-corrected chi connectivity index (χ4v) is 6.59. The third kappa shape index (κ3) is 7.01. The number of carbonyl (C=O) groups is 5. The fourth-order valence-electron chi connectivity index (χ4n) is 6.48. The molecular formula is C26H39ClF3N5O5. The summed E-state index contributed by atoms with van der Waals surface area (Å²) in [5, 5.41) is 5.63. The predicted molar refractivity (Wildman–Crippen MR) is 139 cm³/mol. The highest BCUT2D eigenvalue weighted by Crippen LogP contribution is 2.43. The molecule has 3 N–H and O–H groups in total. The lowest BCUT2D eigenvalue weighted by Crippen LogP contribution is -2.60. The van der Waals surface area contributed by atoms with Gasteiger partial charge in [0.05, 0.1) is 12.5 Å². The summed E-state index contributed by atoms with van der Waals surface area (Å²) in [5.41, 5.74) is -0.638. The lowest BCUT2D eigenvalue weighted by Gasteiger charge is -2.35. The minimum Gasteiger partial charge on any atom is -0.351 e. The molecule has 0 spiro atoms. The lowest BCUT2D eigenvalue weighted by molar-refractivity contribution is -0.150. The average molecular weight is 594 g/mol. The van der Waals surface area contributed by atoms with E-state index in [1.54, 1.807) is 27.7 Å². The molecule has 2 saturated heterocycles.